The lowest BCUT2D eigenvalue weighted by atomic mass is 9.98. The van der Waals surface area contributed by atoms with Gasteiger partial charge in [-0.15, -0.1) is 0 Å². The molecular formula is C21H29NO2. The number of carbonyl (C=O) groups is 1. The summed E-state index contributed by atoms with van der Waals surface area (Å²) < 4.78 is 5.24. The summed E-state index contributed by atoms with van der Waals surface area (Å²) in [5.41, 5.74) is 4.94. The van der Waals surface area contributed by atoms with E-state index < -0.39 is 0 Å². The van der Waals surface area contributed by atoms with Crippen molar-refractivity contribution in [1.82, 2.24) is 5.32 Å². The minimum Gasteiger partial charge on any atom is -0.449 e. The number of fused-ring (bicyclic) bond motifs is 3. The van der Waals surface area contributed by atoms with Gasteiger partial charge in [-0.2, -0.15) is 0 Å². The minimum absolute atomic E-state index is 0.129. The fraction of sp³-hybridized carbons (Fsp3) is 0.381. The monoisotopic (exact) mass is 327 g/mol. The van der Waals surface area contributed by atoms with Crippen molar-refractivity contribution < 1.29 is 9.53 Å². The van der Waals surface area contributed by atoms with Gasteiger partial charge in [0.25, 0.3) is 0 Å². The highest BCUT2D eigenvalue weighted by Crippen LogP contribution is 2.44. The molecule has 0 aliphatic heterocycles. The number of alkyl carbamates (subject to hydrolysis) is 1. The number of amides is 1. The molecule has 2 aromatic rings. The van der Waals surface area contributed by atoms with Crippen molar-refractivity contribution >= 4 is 6.09 Å². The predicted molar refractivity (Wildman–Crippen MR) is 101 cm³/mol. The molecule has 2 aromatic carbocycles. The highest BCUT2D eigenvalue weighted by Gasteiger charge is 2.28. The number of rotatable bonds is 2. The van der Waals surface area contributed by atoms with Gasteiger partial charge < -0.3 is 10.1 Å². The second kappa shape index (κ2) is 10.5. The van der Waals surface area contributed by atoms with E-state index in [1.54, 1.807) is 7.05 Å². The van der Waals surface area contributed by atoms with Crippen LogP contribution in [0.3, 0.4) is 0 Å². The number of benzene rings is 2. The van der Waals surface area contributed by atoms with Gasteiger partial charge in [-0.25, -0.2) is 4.79 Å². The van der Waals surface area contributed by atoms with Gasteiger partial charge in [0, 0.05) is 13.0 Å². The molecule has 0 heterocycles. The summed E-state index contributed by atoms with van der Waals surface area (Å²) in [6.45, 7) is 8.62. The zero-order valence-electron chi connectivity index (χ0n) is 15.4. The molecule has 1 amide bonds. The van der Waals surface area contributed by atoms with Gasteiger partial charge in [0.1, 0.15) is 6.61 Å². The molecule has 3 heteroatoms. The Labute approximate surface area is 146 Å². The lowest BCUT2D eigenvalue weighted by Gasteiger charge is -2.13. The lowest BCUT2D eigenvalue weighted by Crippen LogP contribution is -2.21. The minimum atomic E-state index is -0.387. The maximum atomic E-state index is 11.3. The van der Waals surface area contributed by atoms with E-state index in [9.17, 15) is 4.79 Å². The average Bonchev–Trinajstić information content (AvgIpc) is 2.96. The summed E-state index contributed by atoms with van der Waals surface area (Å²) in [6.07, 6.45) is 0.863. The molecule has 0 fully saturated rings. The van der Waals surface area contributed by atoms with Crippen molar-refractivity contribution in [3.63, 3.8) is 0 Å². The molecule has 0 atom stereocenters. The predicted octanol–water partition coefficient (Wildman–Crippen LogP) is 5.60. The maximum absolute atomic E-state index is 11.3. The molecule has 24 heavy (non-hydrogen) atoms. The van der Waals surface area contributed by atoms with Crippen LogP contribution < -0.4 is 5.32 Å². The van der Waals surface area contributed by atoms with E-state index in [2.05, 4.69) is 43.4 Å². The highest BCUT2D eigenvalue weighted by molar-refractivity contribution is 5.79. The summed E-state index contributed by atoms with van der Waals surface area (Å²) >= 11 is 0. The van der Waals surface area contributed by atoms with Crippen molar-refractivity contribution in [3.8, 4) is 11.1 Å². The first kappa shape index (κ1) is 19.8. The Bertz CT molecular complexity index is 592. The number of ether oxygens (including phenoxy) is 1. The molecule has 0 saturated carbocycles. The zero-order valence-corrected chi connectivity index (χ0v) is 15.4. The Morgan fingerprint density at radius 2 is 1.38 bits per heavy atom. The van der Waals surface area contributed by atoms with Gasteiger partial charge >= 0.3 is 6.09 Å². The molecule has 0 bridgehead atoms. The molecule has 1 N–H and O–H groups in total. The number of hydrogen-bond acceptors (Lipinski definition) is 2. The second-order valence-electron chi connectivity index (χ2n) is 5.28. The SMILES string of the molecule is CC.CCC.CNC(=O)OCC1c2ccccc2-c2ccccc21. The third-order valence-electron chi connectivity index (χ3n) is 3.55. The van der Waals surface area contributed by atoms with Gasteiger partial charge in [-0.05, 0) is 22.3 Å². The second-order valence-corrected chi connectivity index (χ2v) is 5.28. The number of hydrogen-bond donors (Lipinski definition) is 1. The van der Waals surface area contributed by atoms with E-state index >= 15 is 0 Å². The van der Waals surface area contributed by atoms with E-state index in [0.29, 0.717) is 6.61 Å². The Hall–Kier alpha value is -2.29. The lowest BCUT2D eigenvalue weighted by molar-refractivity contribution is 0.145. The van der Waals surface area contributed by atoms with Crippen molar-refractivity contribution in [3.05, 3.63) is 59.7 Å². The normalized spacial score (nSPS) is 11.0. The first-order chi connectivity index (χ1) is 11.7. The average molecular weight is 327 g/mol. The van der Waals surface area contributed by atoms with E-state index in [0.717, 1.165) is 0 Å². The first-order valence-electron chi connectivity index (χ1n) is 8.75. The Morgan fingerprint density at radius 3 is 1.79 bits per heavy atom. The van der Waals surface area contributed by atoms with Crippen molar-refractivity contribution in [2.45, 2.75) is 40.0 Å². The van der Waals surface area contributed by atoms with Crippen LogP contribution in [0.4, 0.5) is 4.79 Å². The summed E-state index contributed by atoms with van der Waals surface area (Å²) in [4.78, 5) is 11.3. The fourth-order valence-electron chi connectivity index (χ4n) is 2.67. The molecule has 130 valence electrons. The fourth-order valence-corrected chi connectivity index (χ4v) is 2.67. The van der Waals surface area contributed by atoms with Crippen LogP contribution in [-0.2, 0) is 4.74 Å². The van der Waals surface area contributed by atoms with Crippen LogP contribution in [0.1, 0.15) is 51.2 Å². The van der Waals surface area contributed by atoms with Crippen LogP contribution in [-0.4, -0.2) is 19.7 Å². The van der Waals surface area contributed by atoms with Gasteiger partial charge in [0.15, 0.2) is 0 Å². The van der Waals surface area contributed by atoms with Gasteiger partial charge in [-0.1, -0.05) is 82.6 Å². The third-order valence-corrected chi connectivity index (χ3v) is 3.55. The molecule has 3 rings (SSSR count). The largest absolute Gasteiger partial charge is 0.449 e. The Balaban J connectivity index is 0.000000521. The summed E-state index contributed by atoms with van der Waals surface area (Å²) in [7, 11) is 1.57. The van der Waals surface area contributed by atoms with Gasteiger partial charge in [-0.3, -0.25) is 0 Å². The number of carbonyl (C=O) groups excluding carboxylic acids is 1. The molecule has 0 radical (unpaired) electrons. The molecule has 0 aromatic heterocycles. The molecule has 3 nitrogen and oxygen atoms in total. The van der Waals surface area contributed by atoms with Crippen LogP contribution in [0.15, 0.2) is 48.5 Å². The topological polar surface area (TPSA) is 38.3 Å². The standard InChI is InChI=1S/C16H15NO2.C3H8.C2H6/c1-17-16(18)19-10-15-13-8-4-2-6-11(13)12-7-3-5-9-14(12)15;1-3-2;1-2/h2-9,15H,10H2,1H3,(H,17,18);3H2,1-2H3;1-2H3. The molecule has 1 aliphatic rings. The van der Waals surface area contributed by atoms with E-state index in [1.807, 2.05) is 38.1 Å². The maximum Gasteiger partial charge on any atom is 0.406 e. The zero-order chi connectivity index (χ0) is 17.9. The highest BCUT2D eigenvalue weighted by atomic mass is 16.5. The number of nitrogens with one attached hydrogen (secondary N) is 1. The molecule has 0 saturated heterocycles. The smallest absolute Gasteiger partial charge is 0.406 e. The van der Waals surface area contributed by atoms with Crippen molar-refractivity contribution in [2.24, 2.45) is 0 Å². The Kier molecular flexibility index (Phi) is 8.63. The molecule has 0 unspecified atom stereocenters. The quantitative estimate of drug-likeness (QED) is 0.780. The van der Waals surface area contributed by atoms with Crippen LogP contribution in [0.5, 0.6) is 0 Å². The molecule has 0 spiro atoms. The van der Waals surface area contributed by atoms with Crippen LogP contribution in [0.2, 0.25) is 0 Å². The van der Waals surface area contributed by atoms with Crippen LogP contribution >= 0.6 is 0 Å². The summed E-state index contributed by atoms with van der Waals surface area (Å²) in [5.74, 6) is 0.129. The van der Waals surface area contributed by atoms with Gasteiger partial charge in [0.05, 0.1) is 0 Å². The van der Waals surface area contributed by atoms with Crippen LogP contribution in [0, 0.1) is 0 Å². The van der Waals surface area contributed by atoms with Crippen molar-refractivity contribution in [2.75, 3.05) is 13.7 Å². The van der Waals surface area contributed by atoms with E-state index in [1.165, 1.54) is 28.7 Å². The van der Waals surface area contributed by atoms with E-state index in [4.69, 9.17) is 4.74 Å². The van der Waals surface area contributed by atoms with Gasteiger partial charge in [0.2, 0.25) is 0 Å². The molecule has 1 aliphatic carbocycles. The summed E-state index contributed by atoms with van der Waals surface area (Å²) in [6, 6.07) is 16.6. The molecular weight excluding hydrogens is 298 g/mol. The van der Waals surface area contributed by atoms with Crippen LogP contribution in [0.25, 0.3) is 11.1 Å². The third kappa shape index (κ3) is 4.60. The Morgan fingerprint density at radius 1 is 0.958 bits per heavy atom. The van der Waals surface area contributed by atoms with E-state index in [-0.39, 0.29) is 12.0 Å². The summed E-state index contributed by atoms with van der Waals surface area (Å²) in [5, 5.41) is 2.48. The van der Waals surface area contributed by atoms with Crippen molar-refractivity contribution in [1.29, 1.82) is 0 Å². The first-order valence-corrected chi connectivity index (χ1v) is 8.75.